The summed E-state index contributed by atoms with van der Waals surface area (Å²) in [5, 5.41) is 15.7. The maximum Gasteiger partial charge on any atom is 0.262 e. The molecular weight excluding hydrogens is 874 g/mol. The number of carbonyl (C=O) groups excluding carboxylic acids is 5. The number of nitrogens with zero attached hydrogens (tertiary/aromatic N) is 5. The van der Waals surface area contributed by atoms with Crippen molar-refractivity contribution in [3.8, 4) is 10.8 Å². The first-order chi connectivity index (χ1) is 31.5. The quantitative estimate of drug-likeness (QED) is 0.0699. The Bertz CT molecular complexity index is 2640. The molecule has 0 aliphatic carbocycles. The third kappa shape index (κ3) is 10.1. The fourth-order valence-corrected chi connectivity index (χ4v) is 9.41. The molecule has 0 saturated carbocycles. The first-order valence-electron chi connectivity index (χ1n) is 21.4. The summed E-state index contributed by atoms with van der Waals surface area (Å²) in [5.74, 6) is -0.329. The van der Waals surface area contributed by atoms with Gasteiger partial charge in [-0.1, -0.05) is 35.9 Å². The van der Waals surface area contributed by atoms with E-state index in [0.717, 1.165) is 38.1 Å². The smallest absolute Gasteiger partial charge is 0.262 e. The fraction of sp³-hybridized carbons (Fsp3) is 0.362. The zero-order chi connectivity index (χ0) is 45.6. The topological polar surface area (TPSA) is 193 Å². The Morgan fingerprint density at radius 1 is 0.846 bits per heavy atom. The van der Waals surface area contributed by atoms with Gasteiger partial charge in [-0.05, 0) is 93.6 Å². The summed E-state index contributed by atoms with van der Waals surface area (Å²) in [6.07, 6.45) is 1.36. The van der Waals surface area contributed by atoms with Crippen molar-refractivity contribution < 1.29 is 42.9 Å². The standard InChI is InChI=1S/C47H48ClN7O9S/c1-27-28(2)65-47-40(27)42(31-9-11-32(48)12-10-31)50-36(43-53-52-29(3)54(43)47)26-39(57)49-33-13-15-34(16-14-33)64-25-24-63-23-22-62-21-20-61-19-5-7-30-6-4-8-35-41(30)46(60)55(45(35)59)37-17-18-38(56)51-44(37)58/h4,6,8-16,36-37H,5,7,17-26H2,1-3H3,(H,49,57)(H,51,56,58)/t36-,37?/m0/s1. The van der Waals surface area contributed by atoms with Crippen molar-refractivity contribution in [2.75, 3.05) is 51.6 Å². The molecule has 8 rings (SSSR count). The number of hydrogen-bond acceptors (Lipinski definition) is 13. The van der Waals surface area contributed by atoms with Crippen molar-refractivity contribution in [1.29, 1.82) is 0 Å². The number of carbonyl (C=O) groups is 5. The summed E-state index contributed by atoms with van der Waals surface area (Å²) in [6, 6.07) is 18.2. The van der Waals surface area contributed by atoms with E-state index in [1.807, 2.05) is 35.8 Å². The highest BCUT2D eigenvalue weighted by molar-refractivity contribution is 7.15. The summed E-state index contributed by atoms with van der Waals surface area (Å²) < 4.78 is 24.8. The Hall–Kier alpha value is -6.11. The maximum absolute atomic E-state index is 13.5. The second-order valence-electron chi connectivity index (χ2n) is 15.8. The molecule has 2 N–H and O–H groups in total. The average molecular weight is 922 g/mol. The second-order valence-corrected chi connectivity index (χ2v) is 17.4. The predicted octanol–water partition coefficient (Wildman–Crippen LogP) is 6.29. The number of hydrogen-bond donors (Lipinski definition) is 2. The Balaban J connectivity index is 0.716. The van der Waals surface area contributed by atoms with Gasteiger partial charge in [0.2, 0.25) is 17.7 Å². The monoisotopic (exact) mass is 921 g/mol. The minimum atomic E-state index is -0.998. The average Bonchev–Trinajstić information content (AvgIpc) is 3.87. The Labute approximate surface area is 384 Å². The van der Waals surface area contributed by atoms with Crippen LogP contribution in [0.15, 0.2) is 71.7 Å². The molecule has 1 fully saturated rings. The molecule has 65 heavy (non-hydrogen) atoms. The molecule has 5 amide bonds. The number of benzene rings is 3. The molecule has 18 heteroatoms. The molecule has 0 bridgehead atoms. The molecule has 0 radical (unpaired) electrons. The highest BCUT2D eigenvalue weighted by Crippen LogP contribution is 2.40. The van der Waals surface area contributed by atoms with Crippen LogP contribution in [0.1, 0.15) is 91.2 Å². The molecule has 3 aromatic carbocycles. The van der Waals surface area contributed by atoms with Crippen LogP contribution >= 0.6 is 22.9 Å². The molecule has 3 aliphatic heterocycles. The second kappa shape index (κ2) is 20.4. The lowest BCUT2D eigenvalue weighted by Crippen LogP contribution is -2.54. The lowest BCUT2D eigenvalue weighted by atomic mass is 9.99. The van der Waals surface area contributed by atoms with E-state index >= 15 is 0 Å². The number of thiophene rings is 1. The Morgan fingerprint density at radius 2 is 1.55 bits per heavy atom. The van der Waals surface area contributed by atoms with E-state index in [-0.39, 0.29) is 30.7 Å². The molecule has 1 saturated heterocycles. The van der Waals surface area contributed by atoms with E-state index < -0.39 is 35.7 Å². The number of aliphatic imine (C=N–C) groups is 1. The van der Waals surface area contributed by atoms with Crippen molar-refractivity contribution in [3.05, 3.63) is 122 Å². The number of ether oxygens (including phenoxy) is 4. The van der Waals surface area contributed by atoms with E-state index in [2.05, 4.69) is 34.7 Å². The van der Waals surface area contributed by atoms with Crippen molar-refractivity contribution >= 4 is 63.9 Å². The minimum Gasteiger partial charge on any atom is -0.491 e. The first kappa shape index (κ1) is 45.5. The molecule has 2 atom stereocenters. The lowest BCUT2D eigenvalue weighted by Gasteiger charge is -2.27. The molecule has 2 aromatic heterocycles. The summed E-state index contributed by atoms with van der Waals surface area (Å²) in [7, 11) is 0. The van der Waals surface area contributed by atoms with Gasteiger partial charge in [-0.2, -0.15) is 0 Å². The van der Waals surface area contributed by atoms with Gasteiger partial charge in [0.05, 0.1) is 56.3 Å². The maximum atomic E-state index is 13.5. The van der Waals surface area contributed by atoms with Crippen LogP contribution in [0.4, 0.5) is 5.69 Å². The van der Waals surface area contributed by atoms with Crippen molar-refractivity contribution in [1.82, 2.24) is 25.0 Å². The number of amides is 5. The number of fused-ring (bicyclic) bond motifs is 4. The van der Waals surface area contributed by atoms with E-state index in [1.165, 1.54) is 4.88 Å². The van der Waals surface area contributed by atoms with Gasteiger partial charge in [-0.25, -0.2) is 0 Å². The first-order valence-corrected chi connectivity index (χ1v) is 22.6. The number of nitrogens with one attached hydrogen (secondary N) is 2. The molecule has 3 aliphatic rings. The van der Waals surface area contributed by atoms with E-state index in [0.29, 0.717) is 92.5 Å². The van der Waals surface area contributed by atoms with Crippen LogP contribution in [0, 0.1) is 20.8 Å². The third-order valence-corrected chi connectivity index (χ3v) is 12.8. The number of imide groups is 2. The number of anilines is 1. The van der Waals surface area contributed by atoms with Crippen molar-refractivity contribution in [2.45, 2.75) is 65.0 Å². The van der Waals surface area contributed by atoms with Gasteiger partial charge in [0.1, 0.15) is 35.3 Å². The SMILES string of the molecule is Cc1sc2c(c1C)C(c1ccc(Cl)cc1)=N[C@@H](CC(=O)Nc1ccc(OCCOCCOCCOCCCc3cccc4c3C(=O)N(C3CCC(=O)NC3=O)C4=O)cc1)c1nnc(C)n1-2. The lowest BCUT2D eigenvalue weighted by molar-refractivity contribution is -0.136. The third-order valence-electron chi connectivity index (χ3n) is 11.4. The molecular formula is C47H48ClN7O9S. The van der Waals surface area contributed by atoms with Gasteiger partial charge in [0.15, 0.2) is 5.82 Å². The largest absolute Gasteiger partial charge is 0.491 e. The van der Waals surface area contributed by atoms with Crippen LogP contribution < -0.4 is 15.4 Å². The van der Waals surface area contributed by atoms with Crippen LogP contribution in [0.5, 0.6) is 5.75 Å². The number of aryl methyl sites for hydroxylation is 3. The summed E-state index contributed by atoms with van der Waals surface area (Å²) >= 11 is 7.90. The number of rotatable bonds is 19. The van der Waals surface area contributed by atoms with E-state index in [9.17, 15) is 24.0 Å². The summed E-state index contributed by atoms with van der Waals surface area (Å²) in [4.78, 5) is 71.2. The van der Waals surface area contributed by atoms with Gasteiger partial charge < -0.3 is 24.3 Å². The molecule has 16 nitrogen and oxygen atoms in total. The fourth-order valence-electron chi connectivity index (χ4n) is 8.07. The van der Waals surface area contributed by atoms with Gasteiger partial charge in [0, 0.05) is 39.7 Å². The Kier molecular flexibility index (Phi) is 14.3. The zero-order valence-electron chi connectivity index (χ0n) is 36.2. The van der Waals surface area contributed by atoms with E-state index in [1.54, 1.807) is 53.8 Å². The molecule has 1 unspecified atom stereocenters. The summed E-state index contributed by atoms with van der Waals surface area (Å²) in [5.41, 5.74) is 5.72. The molecule has 0 spiro atoms. The van der Waals surface area contributed by atoms with Gasteiger partial charge in [0.25, 0.3) is 11.8 Å². The molecule has 338 valence electrons. The van der Waals surface area contributed by atoms with Crippen LogP contribution in [-0.4, -0.2) is 107 Å². The molecule has 5 heterocycles. The van der Waals surface area contributed by atoms with Crippen LogP contribution in [0.2, 0.25) is 5.02 Å². The van der Waals surface area contributed by atoms with Crippen LogP contribution in [0.3, 0.4) is 0 Å². The summed E-state index contributed by atoms with van der Waals surface area (Å²) in [6.45, 7) is 8.72. The van der Waals surface area contributed by atoms with Gasteiger partial charge >= 0.3 is 0 Å². The van der Waals surface area contributed by atoms with Crippen molar-refractivity contribution in [3.63, 3.8) is 0 Å². The predicted molar refractivity (Wildman–Crippen MR) is 242 cm³/mol. The highest BCUT2D eigenvalue weighted by atomic mass is 35.5. The normalized spacial score (nSPS) is 16.7. The highest BCUT2D eigenvalue weighted by Gasteiger charge is 2.45. The number of halogens is 1. The van der Waals surface area contributed by atoms with Gasteiger partial charge in [-0.3, -0.25) is 43.7 Å². The number of piperidine rings is 1. The number of aromatic nitrogens is 3. The van der Waals surface area contributed by atoms with Crippen LogP contribution in [0.25, 0.3) is 5.00 Å². The molecule has 5 aromatic rings. The van der Waals surface area contributed by atoms with Crippen LogP contribution in [-0.2, 0) is 35.0 Å². The van der Waals surface area contributed by atoms with Crippen molar-refractivity contribution in [2.24, 2.45) is 4.99 Å². The zero-order valence-corrected chi connectivity index (χ0v) is 37.8. The Morgan fingerprint density at radius 3 is 2.28 bits per heavy atom. The minimum absolute atomic E-state index is 0.0524. The van der Waals surface area contributed by atoms with E-state index in [4.69, 9.17) is 35.5 Å². The van der Waals surface area contributed by atoms with Gasteiger partial charge in [-0.15, -0.1) is 21.5 Å².